The average Bonchev–Trinajstić information content (AvgIpc) is 3.27. The molecule has 0 bridgehead atoms. The van der Waals surface area contributed by atoms with Crippen molar-refractivity contribution in [3.63, 3.8) is 0 Å². The molecule has 1 aliphatic heterocycles. The van der Waals surface area contributed by atoms with Crippen LogP contribution < -0.4 is 10.5 Å². The van der Waals surface area contributed by atoms with Gasteiger partial charge in [0.15, 0.2) is 23.0 Å². The summed E-state index contributed by atoms with van der Waals surface area (Å²) in [7, 11) is 3.33. The molecule has 34 heavy (non-hydrogen) atoms. The van der Waals surface area contributed by atoms with Gasteiger partial charge >= 0.3 is 0 Å². The molecule has 12 heteroatoms. The Balaban J connectivity index is 1.69. The number of nitrogens with zero attached hydrogens (tertiary/aromatic N) is 7. The topological polar surface area (TPSA) is 91.0 Å². The predicted molar refractivity (Wildman–Crippen MR) is 117 cm³/mol. The summed E-state index contributed by atoms with van der Waals surface area (Å²) in [5, 5.41) is 4.17. The van der Waals surface area contributed by atoms with Crippen molar-refractivity contribution in [1.82, 2.24) is 29.3 Å². The second kappa shape index (κ2) is 8.20. The van der Waals surface area contributed by atoms with E-state index in [1.165, 1.54) is 11.6 Å². The van der Waals surface area contributed by atoms with Gasteiger partial charge < -0.3 is 9.64 Å². The summed E-state index contributed by atoms with van der Waals surface area (Å²) in [6.07, 6.45) is 3.20. The van der Waals surface area contributed by atoms with E-state index in [0.29, 0.717) is 25.5 Å². The lowest BCUT2D eigenvalue weighted by molar-refractivity contribution is 0.0392. The highest BCUT2D eigenvalue weighted by molar-refractivity contribution is 5.89. The Labute approximate surface area is 191 Å². The Bertz CT molecular complexity index is 1480. The van der Waals surface area contributed by atoms with Gasteiger partial charge in [-0.05, 0) is 19.1 Å². The molecule has 3 aromatic heterocycles. The Morgan fingerprint density at radius 2 is 1.85 bits per heavy atom. The molecule has 1 fully saturated rings. The number of aromatic nitrogens is 6. The highest BCUT2D eigenvalue weighted by Gasteiger charge is 2.28. The fourth-order valence-corrected chi connectivity index (χ4v) is 3.92. The van der Waals surface area contributed by atoms with E-state index in [2.05, 4.69) is 20.1 Å². The van der Waals surface area contributed by atoms with E-state index in [9.17, 15) is 18.0 Å². The second-order valence-corrected chi connectivity index (χ2v) is 8.07. The number of hydrogen-bond donors (Lipinski definition) is 0. The lowest BCUT2D eigenvalue weighted by Crippen LogP contribution is -2.39. The summed E-state index contributed by atoms with van der Waals surface area (Å²) in [4.78, 5) is 28.1. The number of halogens is 3. The van der Waals surface area contributed by atoms with Gasteiger partial charge in [-0.1, -0.05) is 0 Å². The van der Waals surface area contributed by atoms with Crippen LogP contribution in [0.15, 0.2) is 29.3 Å². The maximum atomic E-state index is 14.8. The Kier molecular flexibility index (Phi) is 5.31. The van der Waals surface area contributed by atoms with Crippen LogP contribution in [-0.2, 0) is 18.8 Å². The normalized spacial score (nSPS) is 16.4. The molecule has 0 amide bonds. The number of benzene rings is 1. The molecular weight excluding hydrogens is 451 g/mol. The molecule has 0 aliphatic carbocycles. The zero-order valence-corrected chi connectivity index (χ0v) is 18.6. The fraction of sp³-hybridized carbons (Fsp3) is 0.318. The summed E-state index contributed by atoms with van der Waals surface area (Å²) in [6, 6.07) is 1.88. The van der Waals surface area contributed by atoms with Crippen LogP contribution in [0.4, 0.5) is 19.1 Å². The first kappa shape index (κ1) is 22.0. The van der Waals surface area contributed by atoms with Crippen LogP contribution in [-0.4, -0.2) is 49.0 Å². The van der Waals surface area contributed by atoms with Gasteiger partial charge in [0.25, 0.3) is 5.56 Å². The summed E-state index contributed by atoms with van der Waals surface area (Å²) >= 11 is 0. The highest BCUT2D eigenvalue weighted by atomic mass is 19.2. The van der Waals surface area contributed by atoms with Crippen molar-refractivity contribution >= 4 is 17.0 Å². The lowest BCUT2D eigenvalue weighted by Gasteiger charge is -2.32. The van der Waals surface area contributed by atoms with E-state index in [0.717, 1.165) is 17.7 Å². The molecule has 4 heterocycles. The lowest BCUT2D eigenvalue weighted by atomic mass is 10.1. The largest absolute Gasteiger partial charge is 0.370 e. The number of morpholine rings is 1. The van der Waals surface area contributed by atoms with E-state index < -0.39 is 23.0 Å². The number of rotatable bonds is 3. The summed E-state index contributed by atoms with van der Waals surface area (Å²) < 4.78 is 51.3. The van der Waals surface area contributed by atoms with E-state index >= 15 is 0 Å². The Morgan fingerprint density at radius 3 is 2.59 bits per heavy atom. The third-order valence-corrected chi connectivity index (χ3v) is 5.87. The quantitative estimate of drug-likeness (QED) is 0.424. The van der Waals surface area contributed by atoms with Gasteiger partial charge in [-0.15, -0.1) is 0 Å². The fourth-order valence-electron chi connectivity index (χ4n) is 3.92. The SMILES string of the molecule is Cc1nc2c(-c3ccc(F)c(F)c3F)nc(N3CCO[C@H](c4cnn(C)c4)C3)nc2c(=O)n1C. The van der Waals surface area contributed by atoms with Gasteiger partial charge in [0.05, 0.1) is 19.3 Å². The molecule has 1 atom stereocenters. The summed E-state index contributed by atoms with van der Waals surface area (Å²) in [5.74, 6) is -3.91. The summed E-state index contributed by atoms with van der Waals surface area (Å²) in [5.41, 5.74) is -0.0695. The predicted octanol–water partition coefficient (Wildman–Crippen LogP) is 2.43. The molecule has 4 aromatic rings. The van der Waals surface area contributed by atoms with Crippen LogP contribution >= 0.6 is 0 Å². The van der Waals surface area contributed by atoms with Crippen LogP contribution in [0, 0.1) is 24.4 Å². The minimum atomic E-state index is -1.63. The molecule has 1 aromatic carbocycles. The van der Waals surface area contributed by atoms with Gasteiger partial charge in [-0.2, -0.15) is 5.10 Å². The van der Waals surface area contributed by atoms with Crippen molar-refractivity contribution in [2.45, 2.75) is 13.0 Å². The van der Waals surface area contributed by atoms with Gasteiger partial charge in [0.2, 0.25) is 5.95 Å². The van der Waals surface area contributed by atoms with Crippen molar-refractivity contribution in [2.24, 2.45) is 14.1 Å². The molecule has 1 aliphatic rings. The maximum absolute atomic E-state index is 14.8. The zero-order valence-electron chi connectivity index (χ0n) is 18.6. The monoisotopic (exact) mass is 471 g/mol. The van der Waals surface area contributed by atoms with Crippen LogP contribution in [0.25, 0.3) is 22.3 Å². The Hall–Kier alpha value is -3.80. The number of aryl methyl sites for hydroxylation is 2. The zero-order chi connectivity index (χ0) is 24.1. The van der Waals surface area contributed by atoms with Crippen molar-refractivity contribution in [3.8, 4) is 11.3 Å². The maximum Gasteiger partial charge on any atom is 0.279 e. The van der Waals surface area contributed by atoms with Crippen molar-refractivity contribution in [1.29, 1.82) is 0 Å². The number of fused-ring (bicyclic) bond motifs is 1. The third kappa shape index (κ3) is 3.59. The van der Waals surface area contributed by atoms with Gasteiger partial charge in [0, 0.05) is 38.0 Å². The summed E-state index contributed by atoms with van der Waals surface area (Å²) in [6.45, 7) is 2.69. The second-order valence-electron chi connectivity index (χ2n) is 8.07. The number of hydrogen-bond acceptors (Lipinski definition) is 7. The third-order valence-electron chi connectivity index (χ3n) is 5.87. The molecule has 0 N–H and O–H groups in total. The first-order valence-electron chi connectivity index (χ1n) is 10.5. The van der Waals surface area contributed by atoms with Crippen LogP contribution in [0.3, 0.4) is 0 Å². The van der Waals surface area contributed by atoms with Crippen LogP contribution in [0.1, 0.15) is 17.5 Å². The van der Waals surface area contributed by atoms with E-state index in [4.69, 9.17) is 4.74 Å². The van der Waals surface area contributed by atoms with Crippen molar-refractivity contribution in [2.75, 3.05) is 24.6 Å². The molecular formula is C22H20F3N7O2. The number of anilines is 1. The molecule has 0 spiro atoms. The molecule has 176 valence electrons. The average molecular weight is 471 g/mol. The molecule has 9 nitrogen and oxygen atoms in total. The smallest absolute Gasteiger partial charge is 0.279 e. The molecule has 0 saturated carbocycles. The van der Waals surface area contributed by atoms with Gasteiger partial charge in [0.1, 0.15) is 23.1 Å². The first-order chi connectivity index (χ1) is 16.2. The van der Waals surface area contributed by atoms with Crippen molar-refractivity contribution < 1.29 is 17.9 Å². The minimum Gasteiger partial charge on any atom is -0.370 e. The highest BCUT2D eigenvalue weighted by Crippen LogP contribution is 2.31. The minimum absolute atomic E-state index is 0.00586. The molecule has 0 radical (unpaired) electrons. The van der Waals surface area contributed by atoms with E-state index in [1.807, 2.05) is 6.20 Å². The van der Waals surface area contributed by atoms with Crippen LogP contribution in [0.5, 0.6) is 0 Å². The Morgan fingerprint density at radius 1 is 1.06 bits per heavy atom. The molecule has 1 saturated heterocycles. The molecule has 0 unspecified atom stereocenters. The van der Waals surface area contributed by atoms with Crippen LogP contribution in [0.2, 0.25) is 0 Å². The molecule has 5 rings (SSSR count). The van der Waals surface area contributed by atoms with Gasteiger partial charge in [-0.3, -0.25) is 14.0 Å². The number of ether oxygens (including phenoxy) is 1. The van der Waals surface area contributed by atoms with Gasteiger partial charge in [-0.25, -0.2) is 28.1 Å². The standard InChI is InChI=1S/C22H20F3N7O2/c1-11-27-19-18(13-4-5-14(23)17(25)16(13)24)28-22(29-20(19)21(33)31(11)3)32-6-7-34-15(10-32)12-8-26-30(2)9-12/h4-5,8-9,15H,6-7,10H2,1-3H3/t15-/m0/s1. The first-order valence-corrected chi connectivity index (χ1v) is 10.5. The van der Waals surface area contributed by atoms with E-state index in [-0.39, 0.29) is 34.3 Å². The van der Waals surface area contributed by atoms with Crippen molar-refractivity contribution in [3.05, 3.63) is 63.7 Å². The van der Waals surface area contributed by atoms with E-state index in [1.54, 1.807) is 29.7 Å².